The molecule has 4 heteroatoms. The molecule has 0 unspecified atom stereocenters. The fourth-order valence-electron chi connectivity index (χ4n) is 11.4. The molecule has 0 spiro atoms. The van der Waals surface area contributed by atoms with Crippen molar-refractivity contribution >= 4 is 34.8 Å². The Morgan fingerprint density at radius 1 is 0.301 bits per heavy atom. The van der Waals surface area contributed by atoms with Crippen molar-refractivity contribution in [2.24, 2.45) is 0 Å². The molecule has 1 aromatic heterocycles. The lowest BCUT2D eigenvalue weighted by Crippen LogP contribution is -2.39. The quantitative estimate of drug-likeness (QED) is 0.135. The van der Waals surface area contributed by atoms with Crippen molar-refractivity contribution in [3.63, 3.8) is 0 Å². The van der Waals surface area contributed by atoms with Crippen LogP contribution in [0.4, 0.5) is 0 Å². The topological polar surface area (TPSA) is 38.7 Å². The molecule has 0 radical (unpaired) electrons. The van der Waals surface area contributed by atoms with Gasteiger partial charge < -0.3 is 0 Å². The molecule has 11 aromatic carbocycles. The minimum absolute atomic E-state index is 0.513. The number of hydrogen-bond acceptors (Lipinski definition) is 3. The highest BCUT2D eigenvalue weighted by Crippen LogP contribution is 2.58. The van der Waals surface area contributed by atoms with Crippen LogP contribution in [0.5, 0.6) is 0 Å². The summed E-state index contributed by atoms with van der Waals surface area (Å²) < 4.78 is 0. The molecule has 0 atom stereocenters. The molecule has 0 amide bonds. The van der Waals surface area contributed by atoms with E-state index in [1.807, 2.05) is 0 Å². The third-order valence-corrected chi connectivity index (χ3v) is 17.0. The van der Waals surface area contributed by atoms with E-state index < -0.39 is 13.5 Å². The first-order valence-electron chi connectivity index (χ1n) is 25.3. The normalized spacial score (nSPS) is 12.7. The molecular formula is C69H51N3Si. The van der Waals surface area contributed by atoms with E-state index in [2.05, 4.69) is 274 Å². The first-order valence-corrected chi connectivity index (χ1v) is 28.8. The van der Waals surface area contributed by atoms with Crippen LogP contribution in [0, 0.1) is 0 Å². The second-order valence-electron chi connectivity index (χ2n) is 20.3. The van der Waals surface area contributed by atoms with Gasteiger partial charge in [-0.1, -0.05) is 274 Å². The molecule has 0 saturated carbocycles. The van der Waals surface area contributed by atoms with E-state index >= 15 is 0 Å². The summed E-state index contributed by atoms with van der Waals surface area (Å²) in [6.07, 6.45) is 0. The third-order valence-electron chi connectivity index (χ3n) is 15.0. The molecule has 73 heavy (non-hydrogen) atoms. The first kappa shape index (κ1) is 44.1. The van der Waals surface area contributed by atoms with Crippen molar-refractivity contribution in [1.29, 1.82) is 0 Å². The zero-order chi connectivity index (χ0) is 49.1. The lowest BCUT2D eigenvalue weighted by Gasteiger charge is -2.34. The number of hydrogen-bond donors (Lipinski definition) is 0. The molecule has 0 N–H and O–H groups in total. The van der Waals surface area contributed by atoms with Crippen molar-refractivity contribution < 1.29 is 0 Å². The van der Waals surface area contributed by atoms with Gasteiger partial charge in [0.2, 0.25) is 0 Å². The van der Waals surface area contributed by atoms with Gasteiger partial charge in [0.15, 0.2) is 17.5 Å². The van der Waals surface area contributed by atoms with Crippen molar-refractivity contribution in [3.05, 3.63) is 277 Å². The zero-order valence-electron chi connectivity index (χ0n) is 41.1. The number of aromatic nitrogens is 3. The Morgan fingerprint density at radius 2 is 0.740 bits per heavy atom. The Kier molecular flexibility index (Phi) is 10.8. The molecule has 12 aromatic rings. The van der Waals surface area contributed by atoms with Gasteiger partial charge in [-0.15, -0.1) is 0 Å². The lowest BCUT2D eigenvalue weighted by atomic mass is 9.67. The van der Waals surface area contributed by atoms with E-state index in [-0.39, 0.29) is 0 Å². The van der Waals surface area contributed by atoms with Crippen LogP contribution in [0.25, 0.3) is 100 Å². The van der Waals surface area contributed by atoms with Crippen LogP contribution in [0.2, 0.25) is 19.6 Å². The fourth-order valence-corrected chi connectivity index (χ4v) is 12.5. The SMILES string of the molecule is C[Si](C)(C)c1ccc2c(c1)C(c1ccccc1)(c1ccccc1)c1cccc(-c3cccc(-c4nc(-c5ccc(-c6cccc7ccccc67)cc5)nc(-c5ccc(-c6cccc7ccccc67)cc5)n4)c3)c1-2. The van der Waals surface area contributed by atoms with E-state index in [9.17, 15) is 0 Å². The molecule has 0 fully saturated rings. The Balaban J connectivity index is 0.965. The number of benzene rings is 11. The third kappa shape index (κ3) is 7.62. The fraction of sp³-hybridized carbons (Fsp3) is 0.0580. The van der Waals surface area contributed by atoms with E-state index in [4.69, 9.17) is 15.0 Å². The highest BCUT2D eigenvalue weighted by atomic mass is 28.3. The van der Waals surface area contributed by atoms with E-state index in [1.54, 1.807) is 0 Å². The predicted octanol–water partition coefficient (Wildman–Crippen LogP) is 17.1. The Labute approximate surface area is 428 Å². The van der Waals surface area contributed by atoms with Crippen molar-refractivity contribution in [3.8, 4) is 78.7 Å². The van der Waals surface area contributed by atoms with Crippen molar-refractivity contribution in [1.82, 2.24) is 15.0 Å². The van der Waals surface area contributed by atoms with Gasteiger partial charge >= 0.3 is 0 Å². The van der Waals surface area contributed by atoms with Gasteiger partial charge in [-0.25, -0.2) is 15.0 Å². The summed E-state index contributed by atoms with van der Waals surface area (Å²) >= 11 is 0. The molecule has 1 aliphatic carbocycles. The summed E-state index contributed by atoms with van der Waals surface area (Å²) in [7, 11) is -1.70. The highest BCUT2D eigenvalue weighted by Gasteiger charge is 2.47. The van der Waals surface area contributed by atoms with Gasteiger partial charge in [0, 0.05) is 16.7 Å². The number of rotatable bonds is 9. The van der Waals surface area contributed by atoms with Crippen molar-refractivity contribution in [2.45, 2.75) is 25.1 Å². The summed E-state index contributed by atoms with van der Waals surface area (Å²) in [5.41, 5.74) is 16.9. The summed E-state index contributed by atoms with van der Waals surface area (Å²) in [6, 6.07) is 92.7. The smallest absolute Gasteiger partial charge is 0.164 e. The van der Waals surface area contributed by atoms with Crippen LogP contribution >= 0.6 is 0 Å². The van der Waals surface area contributed by atoms with E-state index in [0.717, 1.165) is 33.4 Å². The maximum Gasteiger partial charge on any atom is 0.164 e. The second-order valence-corrected chi connectivity index (χ2v) is 25.4. The molecule has 346 valence electrons. The maximum absolute atomic E-state index is 5.31. The molecule has 1 aliphatic rings. The van der Waals surface area contributed by atoms with E-state index in [1.165, 1.54) is 76.8 Å². The van der Waals surface area contributed by atoms with Gasteiger partial charge in [0.25, 0.3) is 0 Å². The average molecular weight is 950 g/mol. The predicted molar refractivity (Wildman–Crippen MR) is 308 cm³/mol. The van der Waals surface area contributed by atoms with E-state index in [0.29, 0.717) is 17.5 Å². The van der Waals surface area contributed by atoms with Gasteiger partial charge in [0.05, 0.1) is 13.5 Å². The molecule has 3 nitrogen and oxygen atoms in total. The van der Waals surface area contributed by atoms with Crippen LogP contribution in [-0.4, -0.2) is 23.0 Å². The number of nitrogens with zero attached hydrogens (tertiary/aromatic N) is 3. The van der Waals surface area contributed by atoms with Crippen LogP contribution < -0.4 is 5.19 Å². The van der Waals surface area contributed by atoms with Crippen LogP contribution in [0.3, 0.4) is 0 Å². The van der Waals surface area contributed by atoms with Gasteiger partial charge in [-0.3, -0.25) is 0 Å². The minimum Gasteiger partial charge on any atom is -0.208 e. The summed E-state index contributed by atoms with van der Waals surface area (Å²) in [6.45, 7) is 7.34. The maximum atomic E-state index is 5.31. The zero-order valence-corrected chi connectivity index (χ0v) is 42.1. The Morgan fingerprint density at radius 3 is 1.29 bits per heavy atom. The monoisotopic (exact) mass is 949 g/mol. The summed E-state index contributed by atoms with van der Waals surface area (Å²) in [5.74, 6) is 1.86. The average Bonchev–Trinajstić information content (AvgIpc) is 3.77. The number of fused-ring (bicyclic) bond motifs is 5. The second kappa shape index (κ2) is 17.8. The van der Waals surface area contributed by atoms with Gasteiger partial charge in [-0.05, 0) is 94.4 Å². The Hall–Kier alpha value is -8.83. The van der Waals surface area contributed by atoms with Crippen LogP contribution in [0.15, 0.2) is 255 Å². The summed E-state index contributed by atoms with van der Waals surface area (Å²) in [4.78, 5) is 15.9. The van der Waals surface area contributed by atoms with Crippen LogP contribution in [-0.2, 0) is 5.41 Å². The van der Waals surface area contributed by atoms with Crippen LogP contribution in [0.1, 0.15) is 22.3 Å². The Bertz CT molecular complexity index is 3850. The lowest BCUT2D eigenvalue weighted by molar-refractivity contribution is 0.769. The first-order chi connectivity index (χ1) is 35.8. The molecule has 0 aliphatic heterocycles. The molecule has 0 bridgehead atoms. The molecule has 1 heterocycles. The van der Waals surface area contributed by atoms with Gasteiger partial charge in [0.1, 0.15) is 0 Å². The standard InChI is InChI=1S/C69H51N3Si/c1-73(2,3)56-42-43-62-64(45-56)69(54-24-6-4-7-25-54,55-26-8-5-9-27-55)63-33-17-32-61(65(62)63)52-22-14-23-53(44-52)68-71-66(50-38-34-48(35-39-50)59-30-15-20-46-18-10-12-28-57(46)59)70-67(72-68)51-40-36-49(37-41-51)60-31-16-21-47-19-11-13-29-58(47)60/h4-45H,1-3H3. The molecule has 13 rings (SSSR count). The van der Waals surface area contributed by atoms with Crippen molar-refractivity contribution in [2.75, 3.05) is 0 Å². The molecular weight excluding hydrogens is 899 g/mol. The summed E-state index contributed by atoms with van der Waals surface area (Å²) in [5, 5.41) is 6.34. The largest absolute Gasteiger partial charge is 0.208 e. The van der Waals surface area contributed by atoms with Gasteiger partial charge in [-0.2, -0.15) is 0 Å². The highest BCUT2D eigenvalue weighted by molar-refractivity contribution is 6.88. The minimum atomic E-state index is -1.70. The molecule has 0 saturated heterocycles.